The molecule has 2 heterocycles. The summed E-state index contributed by atoms with van der Waals surface area (Å²) in [5, 5.41) is 18.7. The van der Waals surface area contributed by atoms with Crippen molar-refractivity contribution in [3.05, 3.63) is 0 Å². The van der Waals surface area contributed by atoms with Crippen molar-refractivity contribution in [1.29, 1.82) is 0 Å². The molecule has 0 radical (unpaired) electrons. The van der Waals surface area contributed by atoms with Crippen LogP contribution in [0.3, 0.4) is 0 Å². The minimum Gasteiger partial charge on any atom is -0.393 e. The topological polar surface area (TPSA) is 77.4 Å². The first-order chi connectivity index (χ1) is 7.48. The number of ether oxygens (including phenoxy) is 4. The molecule has 3 atom stereocenters. The van der Waals surface area contributed by atoms with Crippen molar-refractivity contribution in [2.24, 2.45) is 0 Å². The molecule has 6 nitrogen and oxygen atoms in total. The van der Waals surface area contributed by atoms with E-state index < -0.39 is 29.9 Å². The van der Waals surface area contributed by atoms with Crippen molar-refractivity contribution >= 4 is 0 Å². The molecular formula is C10H18O6. The Kier molecular flexibility index (Phi) is 2.98. The molecule has 2 saturated heterocycles. The molecule has 0 aliphatic carbocycles. The quantitative estimate of drug-likeness (QED) is 0.668. The molecule has 2 fully saturated rings. The first-order valence-corrected chi connectivity index (χ1v) is 5.26. The SMILES string of the molecule is CO[C@@H]1OC(CO)(CO)[C@H]2OC(C)(C)O[C@@H]12. The Morgan fingerprint density at radius 1 is 1.12 bits per heavy atom. The summed E-state index contributed by atoms with van der Waals surface area (Å²) >= 11 is 0. The van der Waals surface area contributed by atoms with E-state index in [1.54, 1.807) is 13.8 Å². The van der Waals surface area contributed by atoms with Gasteiger partial charge in [0, 0.05) is 7.11 Å². The third-order valence-electron chi connectivity index (χ3n) is 3.03. The van der Waals surface area contributed by atoms with Gasteiger partial charge in [-0.15, -0.1) is 0 Å². The van der Waals surface area contributed by atoms with Crippen molar-refractivity contribution in [2.75, 3.05) is 20.3 Å². The van der Waals surface area contributed by atoms with E-state index in [0.29, 0.717) is 0 Å². The minimum atomic E-state index is -1.15. The van der Waals surface area contributed by atoms with E-state index in [-0.39, 0.29) is 13.2 Å². The van der Waals surface area contributed by atoms with Gasteiger partial charge in [0.1, 0.15) is 17.8 Å². The molecule has 2 N–H and O–H groups in total. The van der Waals surface area contributed by atoms with E-state index in [0.717, 1.165) is 0 Å². The van der Waals surface area contributed by atoms with E-state index in [4.69, 9.17) is 18.9 Å². The third kappa shape index (κ3) is 1.66. The lowest BCUT2D eigenvalue weighted by Gasteiger charge is -2.31. The average molecular weight is 234 g/mol. The minimum absolute atomic E-state index is 0.343. The van der Waals surface area contributed by atoms with Gasteiger partial charge in [0.05, 0.1) is 13.2 Å². The van der Waals surface area contributed by atoms with E-state index in [2.05, 4.69) is 0 Å². The van der Waals surface area contributed by atoms with Crippen molar-refractivity contribution in [1.82, 2.24) is 0 Å². The highest BCUT2D eigenvalue weighted by Gasteiger charge is 2.62. The van der Waals surface area contributed by atoms with Crippen LogP contribution in [0.15, 0.2) is 0 Å². The van der Waals surface area contributed by atoms with Crippen LogP contribution in [-0.4, -0.2) is 60.4 Å². The van der Waals surface area contributed by atoms with E-state index >= 15 is 0 Å². The molecular weight excluding hydrogens is 216 g/mol. The zero-order valence-corrected chi connectivity index (χ0v) is 9.67. The van der Waals surface area contributed by atoms with Gasteiger partial charge < -0.3 is 29.2 Å². The average Bonchev–Trinajstić information content (AvgIpc) is 2.70. The normalized spacial score (nSPS) is 39.9. The standard InChI is InChI=1S/C10H18O6/c1-9(2)14-6-7(15-9)10(4-11,5-12)16-8(6)13-3/h6-8,11-12H,4-5H2,1-3H3/t6-,7+,8-/m1/s1. The van der Waals surface area contributed by atoms with E-state index in [9.17, 15) is 10.2 Å². The molecule has 2 aliphatic rings. The van der Waals surface area contributed by atoms with Crippen LogP contribution in [0.1, 0.15) is 13.8 Å². The second-order valence-corrected chi connectivity index (χ2v) is 4.62. The Bertz CT molecular complexity index is 262. The number of aliphatic hydroxyl groups is 2. The largest absolute Gasteiger partial charge is 0.393 e. The lowest BCUT2D eigenvalue weighted by molar-refractivity contribution is -0.262. The summed E-state index contributed by atoms with van der Waals surface area (Å²) in [5.74, 6) is -0.758. The van der Waals surface area contributed by atoms with Crippen molar-refractivity contribution < 1.29 is 29.2 Å². The van der Waals surface area contributed by atoms with Gasteiger partial charge in [-0.2, -0.15) is 0 Å². The summed E-state index contributed by atoms with van der Waals surface area (Å²) in [5.41, 5.74) is -1.15. The molecule has 2 aliphatic heterocycles. The number of aliphatic hydroxyl groups excluding tert-OH is 2. The monoisotopic (exact) mass is 234 g/mol. The summed E-state index contributed by atoms with van der Waals surface area (Å²) in [6.07, 6.45) is -1.59. The summed E-state index contributed by atoms with van der Waals surface area (Å²) in [6.45, 7) is 2.86. The second kappa shape index (κ2) is 3.90. The lowest BCUT2D eigenvalue weighted by Crippen LogP contribution is -2.49. The summed E-state index contributed by atoms with van der Waals surface area (Å²) in [7, 11) is 1.49. The maximum absolute atomic E-state index is 9.37. The molecule has 0 spiro atoms. The molecule has 16 heavy (non-hydrogen) atoms. The zero-order chi connectivity index (χ0) is 12.0. The second-order valence-electron chi connectivity index (χ2n) is 4.62. The Labute approximate surface area is 94.1 Å². The highest BCUT2D eigenvalue weighted by Crippen LogP contribution is 2.43. The molecule has 6 heteroatoms. The predicted molar refractivity (Wildman–Crippen MR) is 52.6 cm³/mol. The van der Waals surface area contributed by atoms with Crippen LogP contribution < -0.4 is 0 Å². The van der Waals surface area contributed by atoms with Gasteiger partial charge in [0.15, 0.2) is 12.1 Å². The Hall–Kier alpha value is -0.240. The fourth-order valence-electron chi connectivity index (χ4n) is 2.25. The van der Waals surface area contributed by atoms with Crippen LogP contribution in [0.2, 0.25) is 0 Å². The van der Waals surface area contributed by atoms with Crippen LogP contribution in [-0.2, 0) is 18.9 Å². The van der Waals surface area contributed by atoms with Crippen molar-refractivity contribution in [3.63, 3.8) is 0 Å². The van der Waals surface area contributed by atoms with Crippen LogP contribution in [0.25, 0.3) is 0 Å². The number of rotatable bonds is 3. The van der Waals surface area contributed by atoms with Crippen LogP contribution in [0.5, 0.6) is 0 Å². The fourth-order valence-corrected chi connectivity index (χ4v) is 2.25. The summed E-state index contributed by atoms with van der Waals surface area (Å²) in [4.78, 5) is 0. The Morgan fingerprint density at radius 2 is 1.75 bits per heavy atom. The molecule has 0 aromatic carbocycles. The maximum Gasteiger partial charge on any atom is 0.187 e. The van der Waals surface area contributed by atoms with Gasteiger partial charge in [-0.3, -0.25) is 0 Å². The number of fused-ring (bicyclic) bond motifs is 1. The van der Waals surface area contributed by atoms with Gasteiger partial charge in [-0.05, 0) is 13.8 Å². The fraction of sp³-hybridized carbons (Fsp3) is 1.00. The van der Waals surface area contributed by atoms with Crippen molar-refractivity contribution in [3.8, 4) is 0 Å². The molecule has 0 aromatic heterocycles. The maximum atomic E-state index is 9.37. The number of hydrogen-bond donors (Lipinski definition) is 2. The first-order valence-electron chi connectivity index (χ1n) is 5.26. The smallest absolute Gasteiger partial charge is 0.187 e. The summed E-state index contributed by atoms with van der Waals surface area (Å²) < 4.78 is 21.9. The Balaban J connectivity index is 2.26. The molecule has 94 valence electrons. The molecule has 0 amide bonds. The molecule has 2 rings (SSSR count). The summed E-state index contributed by atoms with van der Waals surface area (Å²) in [6, 6.07) is 0. The van der Waals surface area contributed by atoms with Gasteiger partial charge in [0.2, 0.25) is 0 Å². The van der Waals surface area contributed by atoms with Gasteiger partial charge in [-0.25, -0.2) is 0 Å². The van der Waals surface area contributed by atoms with Gasteiger partial charge in [-0.1, -0.05) is 0 Å². The predicted octanol–water partition coefficient (Wildman–Crippen LogP) is -0.767. The first kappa shape index (κ1) is 12.2. The van der Waals surface area contributed by atoms with Crippen LogP contribution >= 0.6 is 0 Å². The van der Waals surface area contributed by atoms with Crippen LogP contribution in [0, 0.1) is 0 Å². The highest BCUT2D eigenvalue weighted by molar-refractivity contribution is 5.04. The zero-order valence-electron chi connectivity index (χ0n) is 9.67. The third-order valence-corrected chi connectivity index (χ3v) is 3.03. The molecule has 0 bridgehead atoms. The van der Waals surface area contributed by atoms with E-state index in [1.807, 2.05) is 0 Å². The number of hydrogen-bond acceptors (Lipinski definition) is 6. The Morgan fingerprint density at radius 3 is 2.25 bits per heavy atom. The molecule has 0 saturated carbocycles. The van der Waals surface area contributed by atoms with Gasteiger partial charge >= 0.3 is 0 Å². The number of methoxy groups -OCH3 is 1. The lowest BCUT2D eigenvalue weighted by atomic mass is 9.97. The van der Waals surface area contributed by atoms with Gasteiger partial charge in [0.25, 0.3) is 0 Å². The van der Waals surface area contributed by atoms with Crippen LogP contribution in [0.4, 0.5) is 0 Å². The van der Waals surface area contributed by atoms with Crippen molar-refractivity contribution in [2.45, 2.75) is 43.7 Å². The van der Waals surface area contributed by atoms with E-state index in [1.165, 1.54) is 7.11 Å². The molecule has 0 aromatic rings. The highest BCUT2D eigenvalue weighted by atomic mass is 16.8. The molecule has 0 unspecified atom stereocenters.